The summed E-state index contributed by atoms with van der Waals surface area (Å²) in [4.78, 5) is 28.5. The van der Waals surface area contributed by atoms with Crippen molar-refractivity contribution >= 4 is 50.7 Å². The molecule has 0 heterocycles. The molecule has 1 atom stereocenters. The number of para-hydroxylation sites is 1. The Bertz CT molecular complexity index is 1480. The van der Waals surface area contributed by atoms with Crippen LogP contribution in [-0.2, 0) is 26.2 Å². The topological polar surface area (TPSA) is 86.8 Å². The normalized spacial score (nSPS) is 12.2. The van der Waals surface area contributed by atoms with Gasteiger partial charge in [0.15, 0.2) is 0 Å². The van der Waals surface area contributed by atoms with Gasteiger partial charge >= 0.3 is 0 Å². The number of carbonyl (C=O) groups excluding carboxylic acids is 2. The highest BCUT2D eigenvalue weighted by Crippen LogP contribution is 2.28. The van der Waals surface area contributed by atoms with E-state index in [1.807, 2.05) is 20.8 Å². The number of benzene rings is 3. The van der Waals surface area contributed by atoms with Crippen molar-refractivity contribution in [3.63, 3.8) is 0 Å². The molecule has 3 rings (SSSR count). The van der Waals surface area contributed by atoms with E-state index in [1.54, 1.807) is 37.3 Å². The Morgan fingerprint density at radius 1 is 0.976 bits per heavy atom. The summed E-state index contributed by atoms with van der Waals surface area (Å²) in [6.07, 6.45) is 0.251. The van der Waals surface area contributed by atoms with Crippen LogP contribution in [0.1, 0.15) is 38.3 Å². The van der Waals surface area contributed by atoms with E-state index < -0.39 is 34.3 Å². The van der Waals surface area contributed by atoms with E-state index in [2.05, 4.69) is 5.32 Å². The molecule has 0 saturated carbocycles. The maximum atomic E-state index is 15.0. The second-order valence-electron chi connectivity index (χ2n) is 10.1. The lowest BCUT2D eigenvalue weighted by molar-refractivity contribution is -0.140. The van der Waals surface area contributed by atoms with Gasteiger partial charge in [0.25, 0.3) is 10.0 Å². The van der Waals surface area contributed by atoms with Crippen molar-refractivity contribution in [3.05, 3.63) is 93.7 Å². The van der Waals surface area contributed by atoms with Gasteiger partial charge in [0.1, 0.15) is 18.4 Å². The van der Waals surface area contributed by atoms with Crippen LogP contribution in [0.15, 0.2) is 71.6 Å². The van der Waals surface area contributed by atoms with Crippen LogP contribution in [0.4, 0.5) is 10.1 Å². The number of sulfonamides is 1. The molecule has 0 radical (unpaired) electrons. The van der Waals surface area contributed by atoms with Crippen LogP contribution >= 0.6 is 23.2 Å². The first-order valence-corrected chi connectivity index (χ1v) is 15.4. The fourth-order valence-electron chi connectivity index (χ4n) is 4.18. The summed E-state index contributed by atoms with van der Waals surface area (Å²) in [7, 11) is -4.37. The molecule has 1 N–H and O–H groups in total. The van der Waals surface area contributed by atoms with Crippen molar-refractivity contribution in [3.8, 4) is 0 Å². The molecule has 0 fully saturated rings. The minimum absolute atomic E-state index is 0.0565. The maximum absolute atomic E-state index is 15.0. The van der Waals surface area contributed by atoms with Crippen molar-refractivity contribution < 1.29 is 22.4 Å². The smallest absolute Gasteiger partial charge is 0.264 e. The maximum Gasteiger partial charge on any atom is 0.264 e. The molecule has 3 aromatic carbocycles. The standard InChI is InChI=1S/C30H34Cl2FN3O4S/c1-5-27(30(38)34-17-20(2)3)35(18-22-12-15-24(31)25(32)16-22)29(37)19-36(28-9-7-6-8-26(28)33)41(39,40)23-13-10-21(4)11-14-23/h6-16,20,27H,5,17-19H2,1-4H3,(H,34,38)/t27-/m1/s1. The van der Waals surface area contributed by atoms with Crippen LogP contribution in [0, 0.1) is 18.7 Å². The first-order valence-electron chi connectivity index (χ1n) is 13.2. The van der Waals surface area contributed by atoms with Gasteiger partial charge in [-0.15, -0.1) is 0 Å². The molecule has 0 spiro atoms. The Hall–Kier alpha value is -3.14. The minimum atomic E-state index is -4.37. The minimum Gasteiger partial charge on any atom is -0.354 e. The number of carbonyl (C=O) groups is 2. The van der Waals surface area contributed by atoms with E-state index in [-0.39, 0.29) is 40.4 Å². The molecule has 11 heteroatoms. The predicted molar refractivity (Wildman–Crippen MR) is 161 cm³/mol. The van der Waals surface area contributed by atoms with E-state index in [0.717, 1.165) is 15.9 Å². The van der Waals surface area contributed by atoms with Crippen molar-refractivity contribution in [2.75, 3.05) is 17.4 Å². The highest BCUT2D eigenvalue weighted by Gasteiger charge is 2.34. The number of hydrogen-bond donors (Lipinski definition) is 1. The number of hydrogen-bond acceptors (Lipinski definition) is 4. The summed E-state index contributed by atoms with van der Waals surface area (Å²) in [5.74, 6) is -1.71. The Balaban J connectivity index is 2.07. The largest absolute Gasteiger partial charge is 0.354 e. The van der Waals surface area contributed by atoms with Gasteiger partial charge in [-0.3, -0.25) is 13.9 Å². The van der Waals surface area contributed by atoms with Gasteiger partial charge in [-0.2, -0.15) is 0 Å². The van der Waals surface area contributed by atoms with E-state index in [4.69, 9.17) is 23.2 Å². The Morgan fingerprint density at radius 2 is 1.63 bits per heavy atom. The lowest BCUT2D eigenvalue weighted by Gasteiger charge is -2.33. The quantitative estimate of drug-likeness (QED) is 0.260. The van der Waals surface area contributed by atoms with Gasteiger partial charge in [-0.1, -0.05) is 79.9 Å². The lowest BCUT2D eigenvalue weighted by atomic mass is 10.1. The van der Waals surface area contributed by atoms with Crippen LogP contribution in [0.2, 0.25) is 10.0 Å². The van der Waals surface area contributed by atoms with Gasteiger partial charge in [0, 0.05) is 13.1 Å². The van der Waals surface area contributed by atoms with E-state index in [9.17, 15) is 18.0 Å². The van der Waals surface area contributed by atoms with E-state index >= 15 is 4.39 Å². The van der Waals surface area contributed by atoms with Gasteiger partial charge in [-0.05, 0) is 61.2 Å². The molecular weight excluding hydrogens is 588 g/mol. The zero-order chi connectivity index (χ0) is 30.3. The average molecular weight is 623 g/mol. The Labute approximate surface area is 251 Å². The molecule has 0 aromatic heterocycles. The average Bonchev–Trinajstić information content (AvgIpc) is 2.93. The van der Waals surface area contributed by atoms with Crippen molar-refractivity contribution in [2.24, 2.45) is 5.92 Å². The molecule has 3 aromatic rings. The Kier molecular flexibility index (Phi) is 11.2. The first-order chi connectivity index (χ1) is 19.3. The van der Waals surface area contributed by atoms with Crippen molar-refractivity contribution in [1.82, 2.24) is 10.2 Å². The SMILES string of the molecule is CC[C@H](C(=O)NCC(C)C)N(Cc1ccc(Cl)c(Cl)c1)C(=O)CN(c1ccccc1F)S(=O)(=O)c1ccc(C)cc1. The summed E-state index contributed by atoms with van der Waals surface area (Å²) in [5.41, 5.74) is 1.14. The van der Waals surface area contributed by atoms with Crippen LogP contribution in [0.3, 0.4) is 0 Å². The third kappa shape index (κ3) is 8.21. The highest BCUT2D eigenvalue weighted by molar-refractivity contribution is 7.92. The van der Waals surface area contributed by atoms with Gasteiger partial charge < -0.3 is 10.2 Å². The fourth-order valence-corrected chi connectivity index (χ4v) is 5.92. The number of amides is 2. The van der Waals surface area contributed by atoms with E-state index in [1.165, 1.54) is 35.2 Å². The molecule has 0 bridgehead atoms. The number of rotatable bonds is 12. The molecule has 7 nitrogen and oxygen atoms in total. The van der Waals surface area contributed by atoms with Gasteiger partial charge in [0.05, 0.1) is 20.6 Å². The summed E-state index contributed by atoms with van der Waals surface area (Å²) in [6, 6.07) is 15.3. The summed E-state index contributed by atoms with van der Waals surface area (Å²) in [6.45, 7) is 7.06. The van der Waals surface area contributed by atoms with Crippen molar-refractivity contribution in [1.29, 1.82) is 0 Å². The fraction of sp³-hybridized carbons (Fsp3) is 0.333. The monoisotopic (exact) mass is 621 g/mol. The van der Waals surface area contributed by atoms with Crippen LogP contribution < -0.4 is 9.62 Å². The number of aryl methyl sites for hydroxylation is 1. The lowest BCUT2D eigenvalue weighted by Crippen LogP contribution is -2.52. The number of halogens is 3. The molecular formula is C30H34Cl2FN3O4S. The van der Waals surface area contributed by atoms with Gasteiger partial charge in [-0.25, -0.2) is 12.8 Å². The number of anilines is 1. The molecule has 0 saturated heterocycles. The summed E-state index contributed by atoms with van der Waals surface area (Å²) in [5, 5.41) is 3.45. The van der Waals surface area contributed by atoms with E-state index in [0.29, 0.717) is 17.1 Å². The zero-order valence-electron chi connectivity index (χ0n) is 23.4. The number of nitrogens with zero attached hydrogens (tertiary/aromatic N) is 2. The van der Waals surface area contributed by atoms with Crippen LogP contribution in [0.25, 0.3) is 0 Å². The first kappa shape index (κ1) is 32.4. The highest BCUT2D eigenvalue weighted by atomic mass is 35.5. The molecule has 41 heavy (non-hydrogen) atoms. The summed E-state index contributed by atoms with van der Waals surface area (Å²) < 4.78 is 43.4. The van der Waals surface area contributed by atoms with Crippen LogP contribution in [0.5, 0.6) is 0 Å². The van der Waals surface area contributed by atoms with Crippen molar-refractivity contribution in [2.45, 2.75) is 51.6 Å². The molecule has 220 valence electrons. The third-order valence-corrected chi connectivity index (χ3v) is 8.93. The molecule has 0 aliphatic heterocycles. The molecule has 2 amide bonds. The molecule has 0 aliphatic rings. The predicted octanol–water partition coefficient (Wildman–Crippen LogP) is 6.22. The second-order valence-corrected chi connectivity index (χ2v) is 12.8. The van der Waals surface area contributed by atoms with Crippen LogP contribution in [-0.4, -0.2) is 44.3 Å². The Morgan fingerprint density at radius 3 is 2.22 bits per heavy atom. The molecule has 0 aliphatic carbocycles. The zero-order valence-corrected chi connectivity index (χ0v) is 25.7. The third-order valence-electron chi connectivity index (χ3n) is 6.42. The second kappa shape index (κ2) is 14.2. The summed E-state index contributed by atoms with van der Waals surface area (Å²) >= 11 is 12.3. The van der Waals surface area contributed by atoms with Gasteiger partial charge in [0.2, 0.25) is 11.8 Å². The number of nitrogens with one attached hydrogen (secondary N) is 1. The molecule has 0 unspecified atom stereocenters.